The normalized spacial score (nSPS) is 19.9. The third kappa shape index (κ3) is 1.97. The van der Waals surface area contributed by atoms with Crippen molar-refractivity contribution in [3.8, 4) is 6.07 Å². The van der Waals surface area contributed by atoms with E-state index in [4.69, 9.17) is 5.26 Å². The van der Waals surface area contributed by atoms with E-state index in [2.05, 4.69) is 0 Å². The summed E-state index contributed by atoms with van der Waals surface area (Å²) in [7, 11) is 0. The van der Waals surface area contributed by atoms with E-state index in [-0.39, 0.29) is 18.5 Å². The first-order valence-electron chi connectivity index (χ1n) is 6.86. The van der Waals surface area contributed by atoms with Crippen LogP contribution in [0.5, 0.6) is 0 Å². The molecule has 1 N–H and O–H groups in total. The van der Waals surface area contributed by atoms with E-state index in [1.807, 2.05) is 6.07 Å². The van der Waals surface area contributed by atoms with Crippen LogP contribution in [0, 0.1) is 17.1 Å². The Hall–Kier alpha value is -2.71. The summed E-state index contributed by atoms with van der Waals surface area (Å²) in [4.78, 5) is 14.1. The van der Waals surface area contributed by atoms with Crippen LogP contribution in [0.1, 0.15) is 17.5 Å². The number of para-hydroxylation sites is 1. The number of nitrogens with zero attached hydrogens (tertiary/aromatic N) is 2. The molecule has 1 atom stereocenters. The second-order valence-corrected chi connectivity index (χ2v) is 5.10. The lowest BCUT2D eigenvalue weighted by molar-refractivity contribution is -0.132. The Bertz CT molecular complexity index is 784. The fourth-order valence-corrected chi connectivity index (χ4v) is 2.81. The number of halogens is 1. The number of rotatable bonds is 3. The lowest BCUT2D eigenvalue weighted by atomic mass is 9.87. The molecule has 2 aromatic rings. The third-order valence-corrected chi connectivity index (χ3v) is 3.83. The van der Waals surface area contributed by atoms with E-state index in [1.165, 1.54) is 23.1 Å². The van der Waals surface area contributed by atoms with Gasteiger partial charge in [0, 0.05) is 17.7 Å². The number of benzene rings is 2. The summed E-state index contributed by atoms with van der Waals surface area (Å²) >= 11 is 0. The predicted molar refractivity (Wildman–Crippen MR) is 78.4 cm³/mol. The highest BCUT2D eigenvalue weighted by Crippen LogP contribution is 2.44. The van der Waals surface area contributed by atoms with Crippen LogP contribution in [0.15, 0.2) is 48.5 Å². The number of carbonyl (C=O) groups excluding carboxylic acids is 1. The highest BCUT2D eigenvalue weighted by Gasteiger charge is 2.50. The van der Waals surface area contributed by atoms with Gasteiger partial charge in [-0.15, -0.1) is 0 Å². The molecule has 0 saturated heterocycles. The van der Waals surface area contributed by atoms with Gasteiger partial charge in [0.25, 0.3) is 5.91 Å². The van der Waals surface area contributed by atoms with Crippen molar-refractivity contribution in [2.45, 2.75) is 12.0 Å². The monoisotopic (exact) mass is 296 g/mol. The fourth-order valence-electron chi connectivity index (χ4n) is 2.81. The topological polar surface area (TPSA) is 64.3 Å². The number of fused-ring (bicyclic) bond motifs is 1. The molecule has 0 fully saturated rings. The van der Waals surface area contributed by atoms with Crippen LogP contribution in [-0.4, -0.2) is 17.6 Å². The molecule has 4 nitrogen and oxygen atoms in total. The minimum absolute atomic E-state index is 0.152. The molecule has 1 aliphatic rings. The van der Waals surface area contributed by atoms with Gasteiger partial charge < -0.3 is 10.0 Å². The van der Waals surface area contributed by atoms with Crippen LogP contribution in [0.3, 0.4) is 0 Å². The smallest absolute Gasteiger partial charge is 0.268 e. The van der Waals surface area contributed by atoms with Gasteiger partial charge in [0.2, 0.25) is 0 Å². The zero-order valence-corrected chi connectivity index (χ0v) is 11.7. The maximum absolute atomic E-state index is 13.5. The molecule has 0 bridgehead atoms. The van der Waals surface area contributed by atoms with E-state index < -0.39 is 17.3 Å². The van der Waals surface area contributed by atoms with Gasteiger partial charge in [-0.05, 0) is 18.2 Å². The predicted octanol–water partition coefficient (Wildman–Crippen LogP) is 2.32. The minimum atomic E-state index is -1.92. The first kappa shape index (κ1) is 14.2. The van der Waals surface area contributed by atoms with Crippen LogP contribution in [-0.2, 0) is 10.4 Å². The van der Waals surface area contributed by atoms with Crippen molar-refractivity contribution in [1.29, 1.82) is 5.26 Å². The molecule has 110 valence electrons. The molecule has 1 amide bonds. The fraction of sp³-hybridized carbons (Fsp3) is 0.176. The van der Waals surface area contributed by atoms with Crippen LogP contribution in [0.2, 0.25) is 0 Å². The summed E-state index contributed by atoms with van der Waals surface area (Å²) < 4.78 is 13.5. The Morgan fingerprint density at radius 3 is 2.73 bits per heavy atom. The van der Waals surface area contributed by atoms with Crippen molar-refractivity contribution >= 4 is 11.6 Å². The number of amides is 1. The Morgan fingerprint density at radius 1 is 1.23 bits per heavy atom. The molecule has 1 heterocycles. The van der Waals surface area contributed by atoms with E-state index in [9.17, 15) is 14.3 Å². The van der Waals surface area contributed by atoms with E-state index >= 15 is 0 Å². The van der Waals surface area contributed by atoms with Crippen LogP contribution in [0.4, 0.5) is 10.1 Å². The van der Waals surface area contributed by atoms with Gasteiger partial charge >= 0.3 is 0 Å². The maximum atomic E-state index is 13.5. The molecule has 3 rings (SSSR count). The molecule has 1 aliphatic heterocycles. The minimum Gasteiger partial charge on any atom is -0.372 e. The van der Waals surface area contributed by atoms with E-state index in [1.54, 1.807) is 24.3 Å². The Morgan fingerprint density at radius 2 is 2.00 bits per heavy atom. The van der Waals surface area contributed by atoms with Crippen molar-refractivity contribution in [1.82, 2.24) is 0 Å². The van der Waals surface area contributed by atoms with Gasteiger partial charge in [0.15, 0.2) is 5.60 Å². The van der Waals surface area contributed by atoms with Crippen molar-refractivity contribution < 1.29 is 14.3 Å². The molecule has 5 heteroatoms. The quantitative estimate of drug-likeness (QED) is 0.945. The SMILES string of the molecule is N#CCCN1C(=O)C(O)(c2cccc(F)c2)c2ccccc21. The van der Waals surface area contributed by atoms with Gasteiger partial charge in [0.05, 0.1) is 18.2 Å². The zero-order chi connectivity index (χ0) is 15.7. The second kappa shape index (κ2) is 5.24. The van der Waals surface area contributed by atoms with Crippen LogP contribution < -0.4 is 4.90 Å². The highest BCUT2D eigenvalue weighted by atomic mass is 19.1. The zero-order valence-electron chi connectivity index (χ0n) is 11.7. The number of hydrogen-bond acceptors (Lipinski definition) is 3. The Balaban J connectivity index is 2.16. The first-order valence-corrected chi connectivity index (χ1v) is 6.86. The summed E-state index contributed by atoms with van der Waals surface area (Å²) in [6.07, 6.45) is 0.152. The summed E-state index contributed by atoms with van der Waals surface area (Å²) in [5.74, 6) is -1.08. The molecule has 0 aliphatic carbocycles. The average molecular weight is 296 g/mol. The summed E-state index contributed by atoms with van der Waals surface area (Å²) in [5.41, 5.74) is -0.781. The lowest BCUT2D eigenvalue weighted by Gasteiger charge is -2.23. The van der Waals surface area contributed by atoms with Gasteiger partial charge in [0.1, 0.15) is 5.82 Å². The van der Waals surface area contributed by atoms with Gasteiger partial charge in [-0.25, -0.2) is 4.39 Å². The van der Waals surface area contributed by atoms with E-state index in [0.29, 0.717) is 11.3 Å². The van der Waals surface area contributed by atoms with E-state index in [0.717, 1.165) is 6.07 Å². The van der Waals surface area contributed by atoms with Gasteiger partial charge in [-0.1, -0.05) is 30.3 Å². The average Bonchev–Trinajstić information content (AvgIpc) is 2.75. The summed E-state index contributed by atoms with van der Waals surface area (Å²) in [6.45, 7) is 0.184. The van der Waals surface area contributed by atoms with Gasteiger partial charge in [-0.2, -0.15) is 5.26 Å². The number of nitriles is 1. The Kier molecular flexibility index (Phi) is 3.39. The molecule has 22 heavy (non-hydrogen) atoms. The second-order valence-electron chi connectivity index (χ2n) is 5.10. The number of aliphatic hydroxyl groups is 1. The van der Waals surface area contributed by atoms with Crippen molar-refractivity contribution in [2.24, 2.45) is 0 Å². The molecular formula is C17H13FN2O2. The van der Waals surface area contributed by atoms with Crippen molar-refractivity contribution in [2.75, 3.05) is 11.4 Å². The van der Waals surface area contributed by atoms with Crippen molar-refractivity contribution in [3.05, 3.63) is 65.5 Å². The van der Waals surface area contributed by atoms with Crippen LogP contribution in [0.25, 0.3) is 0 Å². The maximum Gasteiger partial charge on any atom is 0.268 e. The number of carbonyl (C=O) groups is 1. The Labute approximate surface area is 127 Å². The molecule has 2 aromatic carbocycles. The van der Waals surface area contributed by atoms with Crippen molar-refractivity contribution in [3.63, 3.8) is 0 Å². The summed E-state index contributed by atoms with van der Waals surface area (Å²) in [5, 5.41) is 19.8. The van der Waals surface area contributed by atoms with Crippen LogP contribution >= 0.6 is 0 Å². The standard InChI is InChI=1S/C17H13FN2O2/c18-13-6-3-5-12(11-13)17(22)14-7-1-2-8-15(14)20(16(17)21)10-4-9-19/h1-3,5-8,11,22H,4,10H2. The number of anilines is 1. The molecule has 1 unspecified atom stereocenters. The molecule has 0 spiro atoms. The third-order valence-electron chi connectivity index (χ3n) is 3.83. The number of hydrogen-bond donors (Lipinski definition) is 1. The first-order chi connectivity index (χ1) is 10.6. The molecule has 0 radical (unpaired) electrons. The highest BCUT2D eigenvalue weighted by molar-refractivity contribution is 6.09. The molecule has 0 saturated carbocycles. The van der Waals surface area contributed by atoms with Gasteiger partial charge in [-0.3, -0.25) is 4.79 Å². The summed E-state index contributed by atoms with van der Waals surface area (Å²) in [6, 6.07) is 14.2. The molecule has 0 aromatic heterocycles. The lowest BCUT2D eigenvalue weighted by Crippen LogP contribution is -2.41. The largest absolute Gasteiger partial charge is 0.372 e. The molecular weight excluding hydrogens is 283 g/mol.